The van der Waals surface area contributed by atoms with E-state index >= 15 is 0 Å². The van der Waals surface area contributed by atoms with E-state index in [1.807, 2.05) is 0 Å². The van der Waals surface area contributed by atoms with Crippen LogP contribution in [-0.2, 0) is 4.74 Å². The van der Waals surface area contributed by atoms with Crippen molar-refractivity contribution >= 4 is 0 Å². The lowest BCUT2D eigenvalue weighted by molar-refractivity contribution is -0.265. The first-order valence-corrected chi connectivity index (χ1v) is 6.73. The summed E-state index contributed by atoms with van der Waals surface area (Å²) in [4.78, 5) is 0. The van der Waals surface area contributed by atoms with Gasteiger partial charge in [-0.3, -0.25) is 0 Å². The first-order valence-electron chi connectivity index (χ1n) is 6.73. The normalized spacial score (nSPS) is 51.7. The van der Waals surface area contributed by atoms with Gasteiger partial charge in [0.1, 0.15) is 0 Å². The molecule has 4 nitrogen and oxygen atoms in total. The Morgan fingerprint density at radius 3 is 2.47 bits per heavy atom. The van der Waals surface area contributed by atoms with E-state index in [9.17, 15) is 10.2 Å². The Morgan fingerprint density at radius 2 is 1.94 bits per heavy atom. The second-order valence-electron chi connectivity index (χ2n) is 6.10. The highest BCUT2D eigenvalue weighted by molar-refractivity contribution is 4.90. The molecule has 0 aliphatic heterocycles. The van der Waals surface area contributed by atoms with Gasteiger partial charge in [-0.05, 0) is 31.1 Å². The Kier molecular flexibility index (Phi) is 3.78. The number of hydrogen-bond acceptors (Lipinski definition) is 4. The van der Waals surface area contributed by atoms with E-state index in [0.29, 0.717) is 37.5 Å². The zero-order valence-electron chi connectivity index (χ0n) is 10.8. The van der Waals surface area contributed by atoms with E-state index in [1.54, 1.807) is 0 Å². The van der Waals surface area contributed by atoms with Crippen molar-refractivity contribution in [3.05, 3.63) is 0 Å². The predicted octanol–water partition coefficient (Wildman–Crippen LogP) is 0.998. The van der Waals surface area contributed by atoms with Crippen molar-refractivity contribution in [3.63, 3.8) is 0 Å². The van der Waals surface area contributed by atoms with Crippen molar-refractivity contribution in [2.75, 3.05) is 0 Å². The number of aliphatic hydroxyl groups is 2. The molecule has 0 radical (unpaired) electrons. The van der Waals surface area contributed by atoms with Crippen molar-refractivity contribution < 1.29 is 14.9 Å². The van der Waals surface area contributed by atoms with Gasteiger partial charge in [0.2, 0.25) is 0 Å². The third kappa shape index (κ3) is 2.99. The SMILES string of the molecule is CC1CCC(O)(OC2CC(N)CC2O)CC1C. The minimum atomic E-state index is -1.05. The second-order valence-corrected chi connectivity index (χ2v) is 6.10. The van der Waals surface area contributed by atoms with Crippen LogP contribution in [0.25, 0.3) is 0 Å². The summed E-state index contributed by atoms with van der Waals surface area (Å²) in [6, 6.07) is -0.00135. The van der Waals surface area contributed by atoms with Crippen LogP contribution in [-0.4, -0.2) is 34.2 Å². The summed E-state index contributed by atoms with van der Waals surface area (Å²) in [6.07, 6.45) is 2.70. The van der Waals surface area contributed by atoms with Gasteiger partial charge in [-0.25, -0.2) is 0 Å². The minimum Gasteiger partial charge on any atom is -0.390 e. The molecule has 2 rings (SSSR count). The fourth-order valence-corrected chi connectivity index (χ4v) is 3.07. The molecule has 0 amide bonds. The number of nitrogens with two attached hydrogens (primary N) is 1. The zero-order chi connectivity index (χ0) is 12.6. The molecule has 4 N–H and O–H groups in total. The van der Waals surface area contributed by atoms with Crippen LogP contribution in [0.15, 0.2) is 0 Å². The Balaban J connectivity index is 1.93. The average molecular weight is 243 g/mol. The van der Waals surface area contributed by atoms with Crippen LogP contribution in [0.2, 0.25) is 0 Å². The Morgan fingerprint density at radius 1 is 1.24 bits per heavy atom. The van der Waals surface area contributed by atoms with Crippen molar-refractivity contribution in [1.29, 1.82) is 0 Å². The van der Waals surface area contributed by atoms with E-state index in [2.05, 4.69) is 13.8 Å². The van der Waals surface area contributed by atoms with Crippen LogP contribution in [0.4, 0.5) is 0 Å². The lowest BCUT2D eigenvalue weighted by Crippen LogP contribution is -2.44. The Hall–Kier alpha value is -0.160. The Labute approximate surface area is 103 Å². The Bertz CT molecular complexity index is 273. The van der Waals surface area contributed by atoms with Gasteiger partial charge in [-0.1, -0.05) is 13.8 Å². The minimum absolute atomic E-state index is 0.00135. The quantitative estimate of drug-likeness (QED) is 0.632. The topological polar surface area (TPSA) is 75.7 Å². The van der Waals surface area contributed by atoms with Crippen molar-refractivity contribution in [1.82, 2.24) is 0 Å². The summed E-state index contributed by atoms with van der Waals surface area (Å²) < 4.78 is 5.77. The fraction of sp³-hybridized carbons (Fsp3) is 1.00. The molecule has 6 atom stereocenters. The summed E-state index contributed by atoms with van der Waals surface area (Å²) >= 11 is 0. The maximum atomic E-state index is 10.4. The molecule has 0 aromatic heterocycles. The highest BCUT2D eigenvalue weighted by Crippen LogP contribution is 2.39. The van der Waals surface area contributed by atoms with Crippen LogP contribution >= 0.6 is 0 Å². The molecule has 0 heterocycles. The number of hydrogen-bond donors (Lipinski definition) is 3. The first kappa shape index (κ1) is 13.3. The molecule has 0 aromatic rings. The summed E-state index contributed by atoms with van der Waals surface area (Å²) in [5, 5.41) is 20.3. The molecule has 2 fully saturated rings. The monoisotopic (exact) mass is 243 g/mol. The molecule has 2 aliphatic rings. The molecular weight excluding hydrogens is 218 g/mol. The van der Waals surface area contributed by atoms with Gasteiger partial charge >= 0.3 is 0 Å². The van der Waals surface area contributed by atoms with E-state index < -0.39 is 11.9 Å². The van der Waals surface area contributed by atoms with Crippen molar-refractivity contribution in [2.24, 2.45) is 17.6 Å². The van der Waals surface area contributed by atoms with Crippen LogP contribution in [0, 0.1) is 11.8 Å². The summed E-state index contributed by atoms with van der Waals surface area (Å²) in [7, 11) is 0. The smallest absolute Gasteiger partial charge is 0.166 e. The molecular formula is C13H25NO3. The van der Waals surface area contributed by atoms with Gasteiger partial charge in [0.25, 0.3) is 0 Å². The van der Waals surface area contributed by atoms with Gasteiger partial charge in [0, 0.05) is 18.9 Å². The summed E-state index contributed by atoms with van der Waals surface area (Å²) in [6.45, 7) is 4.36. The van der Waals surface area contributed by atoms with E-state index in [4.69, 9.17) is 10.5 Å². The van der Waals surface area contributed by atoms with Crippen LogP contribution in [0.3, 0.4) is 0 Å². The molecule has 6 unspecified atom stereocenters. The zero-order valence-corrected chi connectivity index (χ0v) is 10.8. The van der Waals surface area contributed by atoms with E-state index in [0.717, 1.165) is 6.42 Å². The van der Waals surface area contributed by atoms with Gasteiger partial charge in [-0.15, -0.1) is 0 Å². The van der Waals surface area contributed by atoms with Gasteiger partial charge in [0.05, 0.1) is 12.2 Å². The van der Waals surface area contributed by atoms with Crippen LogP contribution < -0.4 is 5.73 Å². The van der Waals surface area contributed by atoms with Crippen LogP contribution in [0.5, 0.6) is 0 Å². The molecule has 100 valence electrons. The predicted molar refractivity (Wildman–Crippen MR) is 65.2 cm³/mol. The lowest BCUT2D eigenvalue weighted by atomic mass is 9.78. The first-order chi connectivity index (χ1) is 7.89. The number of ether oxygens (including phenoxy) is 1. The summed E-state index contributed by atoms with van der Waals surface area (Å²) in [5.41, 5.74) is 5.79. The van der Waals surface area contributed by atoms with Crippen molar-refractivity contribution in [2.45, 2.75) is 70.0 Å². The van der Waals surface area contributed by atoms with E-state index in [1.165, 1.54) is 0 Å². The van der Waals surface area contributed by atoms with E-state index in [-0.39, 0.29) is 12.1 Å². The summed E-state index contributed by atoms with van der Waals surface area (Å²) in [5.74, 6) is 0.0392. The largest absolute Gasteiger partial charge is 0.390 e. The van der Waals surface area contributed by atoms with Gasteiger partial charge in [-0.2, -0.15) is 0 Å². The van der Waals surface area contributed by atoms with Crippen molar-refractivity contribution in [3.8, 4) is 0 Å². The third-order valence-corrected chi connectivity index (χ3v) is 4.48. The van der Waals surface area contributed by atoms with Gasteiger partial charge in [0.15, 0.2) is 5.79 Å². The highest BCUT2D eigenvalue weighted by atomic mass is 16.6. The molecule has 0 spiro atoms. The third-order valence-electron chi connectivity index (χ3n) is 4.48. The molecule has 2 aliphatic carbocycles. The maximum Gasteiger partial charge on any atom is 0.166 e. The average Bonchev–Trinajstić information content (AvgIpc) is 2.52. The van der Waals surface area contributed by atoms with Crippen LogP contribution in [0.1, 0.15) is 46.0 Å². The number of rotatable bonds is 2. The molecule has 0 saturated heterocycles. The second kappa shape index (κ2) is 4.84. The molecule has 17 heavy (non-hydrogen) atoms. The molecule has 0 aromatic carbocycles. The molecule has 2 saturated carbocycles. The fourth-order valence-electron chi connectivity index (χ4n) is 3.07. The highest BCUT2D eigenvalue weighted by Gasteiger charge is 2.42. The molecule has 0 bridgehead atoms. The number of aliphatic hydroxyl groups excluding tert-OH is 1. The van der Waals surface area contributed by atoms with Gasteiger partial charge < -0.3 is 20.7 Å². The lowest BCUT2D eigenvalue weighted by Gasteiger charge is -2.40. The standard InChI is InChI=1S/C13H25NO3/c1-8-3-4-13(16,7-9(8)2)17-12-6-10(14)5-11(12)15/h8-12,15-16H,3-7,14H2,1-2H3. The molecule has 4 heteroatoms. The maximum absolute atomic E-state index is 10.4.